The molecule has 0 unspecified atom stereocenters. The zero-order valence-electron chi connectivity index (χ0n) is 12.6. The van der Waals surface area contributed by atoms with Gasteiger partial charge in [0.05, 0.1) is 18.6 Å². The zero-order valence-corrected chi connectivity index (χ0v) is 13.4. The first-order valence-electron chi connectivity index (χ1n) is 6.96. The summed E-state index contributed by atoms with van der Waals surface area (Å²) in [5.74, 6) is 0.885. The van der Waals surface area contributed by atoms with Crippen LogP contribution in [0.3, 0.4) is 0 Å². The molecule has 0 saturated carbocycles. The molecule has 0 aromatic heterocycles. The normalized spacial score (nSPS) is 14.0. The van der Waals surface area contributed by atoms with E-state index >= 15 is 0 Å². The monoisotopic (exact) mass is 305 g/mol. The number of hydrogen-bond donors (Lipinski definition) is 4. The third-order valence-electron chi connectivity index (χ3n) is 3.11. The molecule has 4 N–H and O–H groups in total. The summed E-state index contributed by atoms with van der Waals surface area (Å²) in [6.07, 6.45) is 1.24. The minimum Gasteiger partial charge on any atom is -0.330 e. The SMILES string of the molecule is CN[C@@H](C)C(=O)CCN[C@@H](C)C(=O)CNCCCSO. The number of ketones is 2. The standard InChI is InChI=1S/C13H27N3O3S/c1-10(14-3)12(17)5-7-16-11(2)13(18)9-15-6-4-8-20-19/h10-11,14-16,19H,4-9H2,1-3H3/t10-,11-/m0/s1. The van der Waals surface area contributed by atoms with Crippen LogP contribution < -0.4 is 16.0 Å². The summed E-state index contributed by atoms with van der Waals surface area (Å²) in [6.45, 7) is 5.17. The van der Waals surface area contributed by atoms with Gasteiger partial charge >= 0.3 is 0 Å². The van der Waals surface area contributed by atoms with Gasteiger partial charge in [-0.15, -0.1) is 0 Å². The average molecular weight is 305 g/mol. The molecule has 118 valence electrons. The summed E-state index contributed by atoms with van der Waals surface area (Å²) in [6, 6.07) is -0.402. The lowest BCUT2D eigenvalue weighted by Crippen LogP contribution is -2.41. The zero-order chi connectivity index (χ0) is 15.4. The lowest BCUT2D eigenvalue weighted by Gasteiger charge is -2.14. The molecule has 0 aromatic carbocycles. The first kappa shape index (κ1) is 19.5. The topological polar surface area (TPSA) is 90.5 Å². The molecule has 0 aromatic rings. The first-order chi connectivity index (χ1) is 9.52. The van der Waals surface area contributed by atoms with Crippen molar-refractivity contribution in [2.45, 2.75) is 38.8 Å². The van der Waals surface area contributed by atoms with E-state index < -0.39 is 0 Å². The van der Waals surface area contributed by atoms with E-state index in [0.717, 1.165) is 18.5 Å². The van der Waals surface area contributed by atoms with Gasteiger partial charge in [0.25, 0.3) is 0 Å². The Kier molecular flexibility index (Phi) is 12.0. The molecule has 7 heteroatoms. The van der Waals surface area contributed by atoms with Crippen molar-refractivity contribution in [2.24, 2.45) is 0 Å². The van der Waals surface area contributed by atoms with Crippen molar-refractivity contribution in [1.82, 2.24) is 16.0 Å². The Morgan fingerprint density at radius 3 is 2.45 bits per heavy atom. The molecule has 0 spiro atoms. The number of Topliss-reactive ketones (excluding diaryl/α,β-unsaturated/α-hetero) is 2. The number of likely N-dealkylation sites (N-methyl/N-ethyl adjacent to an activating group) is 1. The van der Waals surface area contributed by atoms with E-state index in [4.69, 9.17) is 4.55 Å². The van der Waals surface area contributed by atoms with Crippen molar-refractivity contribution in [2.75, 3.05) is 32.4 Å². The third kappa shape index (κ3) is 9.44. The summed E-state index contributed by atoms with van der Waals surface area (Å²) in [7, 11) is 1.75. The van der Waals surface area contributed by atoms with E-state index in [1.165, 1.54) is 0 Å². The smallest absolute Gasteiger partial charge is 0.163 e. The number of carbonyl (C=O) groups is 2. The Labute approximate surface area is 125 Å². The summed E-state index contributed by atoms with van der Waals surface area (Å²) in [4.78, 5) is 23.3. The van der Waals surface area contributed by atoms with Gasteiger partial charge < -0.3 is 20.5 Å². The molecule has 0 rings (SSSR count). The van der Waals surface area contributed by atoms with Gasteiger partial charge in [-0.25, -0.2) is 0 Å². The molecular weight excluding hydrogens is 278 g/mol. The average Bonchev–Trinajstić information content (AvgIpc) is 2.45. The number of hydrogen-bond acceptors (Lipinski definition) is 7. The van der Waals surface area contributed by atoms with Crippen molar-refractivity contribution in [3.63, 3.8) is 0 Å². The van der Waals surface area contributed by atoms with Gasteiger partial charge in [-0.2, -0.15) is 0 Å². The molecule has 0 amide bonds. The van der Waals surface area contributed by atoms with Gasteiger partial charge in [0, 0.05) is 18.7 Å². The van der Waals surface area contributed by atoms with Crippen molar-refractivity contribution in [3.8, 4) is 0 Å². The molecule has 0 bridgehead atoms. The maximum Gasteiger partial charge on any atom is 0.163 e. The minimum absolute atomic E-state index is 0.0794. The van der Waals surface area contributed by atoms with Gasteiger partial charge in [-0.05, 0) is 45.9 Å². The highest BCUT2D eigenvalue weighted by Gasteiger charge is 2.14. The number of nitrogens with one attached hydrogen (secondary N) is 3. The van der Waals surface area contributed by atoms with E-state index in [-0.39, 0.29) is 23.7 Å². The van der Waals surface area contributed by atoms with Crippen LogP contribution in [0.4, 0.5) is 0 Å². The molecular formula is C13H27N3O3S. The second-order valence-corrected chi connectivity index (χ2v) is 5.40. The van der Waals surface area contributed by atoms with E-state index in [1.54, 1.807) is 14.0 Å². The van der Waals surface area contributed by atoms with Crippen LogP contribution in [0.15, 0.2) is 0 Å². The van der Waals surface area contributed by atoms with Gasteiger partial charge in [0.1, 0.15) is 0 Å². The van der Waals surface area contributed by atoms with Gasteiger partial charge in [-0.1, -0.05) is 0 Å². The third-order valence-corrected chi connectivity index (χ3v) is 3.58. The Balaban J connectivity index is 3.67. The van der Waals surface area contributed by atoms with Crippen LogP contribution in [0, 0.1) is 0 Å². The number of carbonyl (C=O) groups excluding carboxylic acids is 2. The van der Waals surface area contributed by atoms with Crippen LogP contribution in [-0.4, -0.2) is 60.6 Å². The predicted octanol–water partition coefficient (Wildman–Crippen LogP) is 0.287. The largest absolute Gasteiger partial charge is 0.330 e. The first-order valence-corrected chi connectivity index (χ1v) is 7.90. The van der Waals surface area contributed by atoms with Crippen LogP contribution in [-0.2, 0) is 9.59 Å². The van der Waals surface area contributed by atoms with Crippen LogP contribution in [0.2, 0.25) is 0 Å². The van der Waals surface area contributed by atoms with Crippen LogP contribution in [0.5, 0.6) is 0 Å². The van der Waals surface area contributed by atoms with Crippen molar-refractivity contribution in [1.29, 1.82) is 0 Å². The second kappa shape index (κ2) is 12.3. The summed E-state index contributed by atoms with van der Waals surface area (Å²) in [5, 5.41) is 9.00. The fraction of sp³-hybridized carbons (Fsp3) is 0.846. The highest BCUT2D eigenvalue weighted by molar-refractivity contribution is 7.93. The van der Waals surface area contributed by atoms with Gasteiger partial charge in [0.15, 0.2) is 11.6 Å². The fourth-order valence-electron chi connectivity index (χ4n) is 1.53. The maximum absolute atomic E-state index is 11.8. The molecule has 0 aliphatic rings. The van der Waals surface area contributed by atoms with Gasteiger partial charge in [0.2, 0.25) is 0 Å². The fourth-order valence-corrected chi connectivity index (χ4v) is 1.80. The van der Waals surface area contributed by atoms with E-state index in [1.807, 2.05) is 6.92 Å². The molecule has 0 aliphatic heterocycles. The molecule has 0 saturated heterocycles. The van der Waals surface area contributed by atoms with Crippen molar-refractivity contribution < 1.29 is 14.1 Å². The predicted molar refractivity (Wildman–Crippen MR) is 83.2 cm³/mol. The quantitative estimate of drug-likeness (QED) is 0.287. The highest BCUT2D eigenvalue weighted by Crippen LogP contribution is 1.93. The van der Waals surface area contributed by atoms with Crippen LogP contribution in [0.25, 0.3) is 0 Å². The van der Waals surface area contributed by atoms with E-state index in [2.05, 4.69) is 16.0 Å². The lowest BCUT2D eigenvalue weighted by molar-refractivity contribution is -0.122. The minimum atomic E-state index is -0.257. The van der Waals surface area contributed by atoms with E-state index in [0.29, 0.717) is 31.8 Å². The molecule has 0 radical (unpaired) electrons. The molecule has 0 aliphatic carbocycles. The molecule has 0 fully saturated rings. The van der Waals surface area contributed by atoms with Gasteiger partial charge in [-0.3, -0.25) is 9.59 Å². The Bertz CT molecular complexity index is 290. The Morgan fingerprint density at radius 1 is 1.15 bits per heavy atom. The second-order valence-electron chi connectivity index (χ2n) is 4.73. The van der Waals surface area contributed by atoms with E-state index in [9.17, 15) is 9.59 Å². The number of rotatable bonds is 13. The summed E-state index contributed by atoms with van der Waals surface area (Å²) >= 11 is 0.810. The highest BCUT2D eigenvalue weighted by atomic mass is 32.2. The molecule has 6 nitrogen and oxygen atoms in total. The van der Waals surface area contributed by atoms with Crippen molar-refractivity contribution >= 4 is 23.6 Å². The Hall–Kier alpha value is -0.470. The lowest BCUT2D eigenvalue weighted by atomic mass is 10.1. The maximum atomic E-state index is 11.8. The molecule has 20 heavy (non-hydrogen) atoms. The van der Waals surface area contributed by atoms with Crippen molar-refractivity contribution in [3.05, 3.63) is 0 Å². The summed E-state index contributed by atoms with van der Waals surface area (Å²) < 4.78 is 8.54. The van der Waals surface area contributed by atoms with Crippen LogP contribution >= 0.6 is 12.0 Å². The Morgan fingerprint density at radius 2 is 1.85 bits per heavy atom. The summed E-state index contributed by atoms with van der Waals surface area (Å²) in [5.41, 5.74) is 0. The molecule has 0 heterocycles. The molecule has 2 atom stereocenters. The van der Waals surface area contributed by atoms with Crippen LogP contribution in [0.1, 0.15) is 26.7 Å².